The first-order chi connectivity index (χ1) is 10.2. The molecule has 0 unspecified atom stereocenters. The summed E-state index contributed by atoms with van der Waals surface area (Å²) in [7, 11) is 1.65. The molecule has 1 aliphatic carbocycles. The fourth-order valence-corrected chi connectivity index (χ4v) is 2.71. The molecule has 0 radical (unpaired) electrons. The van der Waals surface area contributed by atoms with Gasteiger partial charge in [-0.15, -0.1) is 0 Å². The minimum absolute atomic E-state index is 0.233. The van der Waals surface area contributed by atoms with Crippen LogP contribution in [-0.4, -0.2) is 13.2 Å². The molecular formula is C17H17F2NO. The van der Waals surface area contributed by atoms with Crippen molar-refractivity contribution in [2.24, 2.45) is 0 Å². The van der Waals surface area contributed by atoms with E-state index in [-0.39, 0.29) is 6.04 Å². The molecule has 2 aromatic rings. The maximum atomic E-state index is 13.6. The molecule has 0 saturated heterocycles. The summed E-state index contributed by atoms with van der Waals surface area (Å²) in [6.45, 7) is 0. The van der Waals surface area contributed by atoms with Gasteiger partial charge in [0.25, 0.3) is 0 Å². The predicted molar refractivity (Wildman–Crippen MR) is 78.7 cm³/mol. The Labute approximate surface area is 122 Å². The van der Waals surface area contributed by atoms with Crippen LogP contribution in [0.2, 0.25) is 0 Å². The van der Waals surface area contributed by atoms with Gasteiger partial charge in [0.15, 0.2) is 0 Å². The topological polar surface area (TPSA) is 21.3 Å². The molecule has 0 amide bonds. The highest BCUT2D eigenvalue weighted by Gasteiger charge is 2.30. The summed E-state index contributed by atoms with van der Waals surface area (Å²) in [5.74, 6) is 0.240. The average molecular weight is 289 g/mol. The molecule has 1 N–H and O–H groups in total. The molecule has 0 spiro atoms. The van der Waals surface area contributed by atoms with Crippen LogP contribution in [0.3, 0.4) is 0 Å². The number of ether oxygens (including phenoxy) is 1. The van der Waals surface area contributed by atoms with Crippen molar-refractivity contribution in [3.05, 3.63) is 59.7 Å². The fourth-order valence-electron chi connectivity index (χ4n) is 2.71. The van der Waals surface area contributed by atoms with Gasteiger partial charge < -0.3 is 10.1 Å². The van der Waals surface area contributed by atoms with Crippen LogP contribution in [0.1, 0.15) is 24.3 Å². The number of hydrogen-bond donors (Lipinski definition) is 1. The zero-order valence-corrected chi connectivity index (χ0v) is 11.8. The van der Waals surface area contributed by atoms with Gasteiger partial charge in [0.05, 0.1) is 12.8 Å². The summed E-state index contributed by atoms with van der Waals surface area (Å²) in [6, 6.07) is 11.9. The average Bonchev–Trinajstić information content (AvgIpc) is 2.44. The molecule has 0 atom stereocenters. The van der Waals surface area contributed by atoms with E-state index in [0.717, 1.165) is 24.7 Å². The normalized spacial score (nSPS) is 20.7. The quantitative estimate of drug-likeness (QED) is 0.904. The number of halogens is 2. The van der Waals surface area contributed by atoms with E-state index in [1.165, 1.54) is 17.7 Å². The van der Waals surface area contributed by atoms with Crippen LogP contribution in [0.25, 0.3) is 0 Å². The van der Waals surface area contributed by atoms with E-state index >= 15 is 0 Å². The maximum absolute atomic E-state index is 13.6. The van der Waals surface area contributed by atoms with Crippen LogP contribution >= 0.6 is 0 Å². The van der Waals surface area contributed by atoms with Crippen LogP contribution in [0.5, 0.6) is 5.75 Å². The number of nitrogens with one attached hydrogen (secondary N) is 1. The van der Waals surface area contributed by atoms with Gasteiger partial charge in [0.1, 0.15) is 17.4 Å². The van der Waals surface area contributed by atoms with Crippen LogP contribution in [0.4, 0.5) is 14.5 Å². The standard InChI is InChI=1S/C17H17F2NO/c1-21-15-5-2-11(3-6-15)12-8-14(9-12)20-17-7-4-13(18)10-16(17)19/h2-7,10,12,14,20H,8-9H2,1H3. The second-order valence-corrected chi connectivity index (χ2v) is 5.41. The van der Waals surface area contributed by atoms with Gasteiger partial charge in [0, 0.05) is 12.1 Å². The van der Waals surface area contributed by atoms with Gasteiger partial charge in [-0.25, -0.2) is 8.78 Å². The zero-order chi connectivity index (χ0) is 14.8. The Morgan fingerprint density at radius 3 is 2.38 bits per heavy atom. The van der Waals surface area contributed by atoms with Crippen molar-refractivity contribution >= 4 is 5.69 Å². The lowest BCUT2D eigenvalue weighted by atomic mass is 9.76. The Balaban J connectivity index is 1.57. The molecule has 0 bridgehead atoms. The van der Waals surface area contributed by atoms with Gasteiger partial charge in [-0.05, 0) is 48.6 Å². The van der Waals surface area contributed by atoms with E-state index in [1.807, 2.05) is 12.1 Å². The van der Waals surface area contributed by atoms with E-state index in [2.05, 4.69) is 17.4 Å². The molecule has 1 saturated carbocycles. The SMILES string of the molecule is COc1ccc(C2CC(Nc3ccc(F)cc3F)C2)cc1. The Kier molecular flexibility index (Phi) is 3.78. The molecule has 110 valence electrons. The van der Waals surface area contributed by atoms with Crippen molar-refractivity contribution in [1.82, 2.24) is 0 Å². The molecule has 2 aromatic carbocycles. The molecule has 0 aliphatic heterocycles. The summed E-state index contributed by atoms with van der Waals surface area (Å²) < 4.78 is 31.5. The van der Waals surface area contributed by atoms with E-state index in [1.54, 1.807) is 7.11 Å². The third-order valence-corrected chi connectivity index (χ3v) is 4.02. The van der Waals surface area contributed by atoms with Gasteiger partial charge >= 0.3 is 0 Å². The number of anilines is 1. The highest BCUT2D eigenvalue weighted by molar-refractivity contribution is 5.46. The molecular weight excluding hydrogens is 272 g/mol. The Morgan fingerprint density at radius 2 is 1.76 bits per heavy atom. The van der Waals surface area contributed by atoms with Crippen molar-refractivity contribution in [3.8, 4) is 5.75 Å². The fraction of sp³-hybridized carbons (Fsp3) is 0.294. The summed E-state index contributed by atoms with van der Waals surface area (Å²) in [5, 5.41) is 3.13. The largest absolute Gasteiger partial charge is 0.497 e. The van der Waals surface area contributed by atoms with E-state index in [0.29, 0.717) is 11.6 Å². The van der Waals surface area contributed by atoms with Crippen LogP contribution in [0, 0.1) is 11.6 Å². The minimum atomic E-state index is -0.553. The summed E-state index contributed by atoms with van der Waals surface area (Å²) in [6.07, 6.45) is 1.90. The molecule has 2 nitrogen and oxygen atoms in total. The van der Waals surface area contributed by atoms with Crippen molar-refractivity contribution in [3.63, 3.8) is 0 Å². The highest BCUT2D eigenvalue weighted by Crippen LogP contribution is 2.39. The Morgan fingerprint density at radius 1 is 1.05 bits per heavy atom. The van der Waals surface area contributed by atoms with Gasteiger partial charge in [0.2, 0.25) is 0 Å². The lowest BCUT2D eigenvalue weighted by Crippen LogP contribution is -2.34. The first kappa shape index (κ1) is 13.9. The minimum Gasteiger partial charge on any atom is -0.497 e. The van der Waals surface area contributed by atoms with Gasteiger partial charge in [-0.3, -0.25) is 0 Å². The third-order valence-electron chi connectivity index (χ3n) is 4.02. The number of benzene rings is 2. The second kappa shape index (κ2) is 5.72. The van der Waals surface area contributed by atoms with E-state index < -0.39 is 11.6 Å². The Bertz CT molecular complexity index is 621. The van der Waals surface area contributed by atoms with Crippen LogP contribution in [-0.2, 0) is 0 Å². The Hall–Kier alpha value is -2.10. The lowest BCUT2D eigenvalue weighted by molar-refractivity contribution is 0.371. The molecule has 3 rings (SSSR count). The highest BCUT2D eigenvalue weighted by atomic mass is 19.1. The monoisotopic (exact) mass is 289 g/mol. The first-order valence-corrected chi connectivity index (χ1v) is 7.01. The molecule has 0 aromatic heterocycles. The van der Waals surface area contributed by atoms with Crippen molar-refractivity contribution in [2.45, 2.75) is 24.8 Å². The summed E-state index contributed by atoms with van der Waals surface area (Å²) in [4.78, 5) is 0. The van der Waals surface area contributed by atoms with Gasteiger partial charge in [-0.2, -0.15) is 0 Å². The zero-order valence-electron chi connectivity index (χ0n) is 11.8. The van der Waals surface area contributed by atoms with Crippen molar-refractivity contribution in [1.29, 1.82) is 0 Å². The van der Waals surface area contributed by atoms with Gasteiger partial charge in [-0.1, -0.05) is 12.1 Å². The van der Waals surface area contributed by atoms with E-state index in [4.69, 9.17) is 4.74 Å². The third kappa shape index (κ3) is 2.99. The van der Waals surface area contributed by atoms with Crippen molar-refractivity contribution in [2.75, 3.05) is 12.4 Å². The molecule has 0 heterocycles. The van der Waals surface area contributed by atoms with E-state index in [9.17, 15) is 8.78 Å². The number of hydrogen-bond acceptors (Lipinski definition) is 2. The van der Waals surface area contributed by atoms with Crippen molar-refractivity contribution < 1.29 is 13.5 Å². The molecule has 1 fully saturated rings. The number of rotatable bonds is 4. The second-order valence-electron chi connectivity index (χ2n) is 5.41. The molecule has 4 heteroatoms. The summed E-state index contributed by atoms with van der Waals surface area (Å²) in [5.41, 5.74) is 1.64. The molecule has 21 heavy (non-hydrogen) atoms. The first-order valence-electron chi connectivity index (χ1n) is 7.01. The predicted octanol–water partition coefficient (Wildman–Crippen LogP) is 4.33. The lowest BCUT2D eigenvalue weighted by Gasteiger charge is -2.37. The summed E-state index contributed by atoms with van der Waals surface area (Å²) >= 11 is 0. The number of methoxy groups -OCH3 is 1. The molecule has 1 aliphatic rings. The van der Waals surface area contributed by atoms with Crippen LogP contribution in [0.15, 0.2) is 42.5 Å². The maximum Gasteiger partial charge on any atom is 0.149 e. The van der Waals surface area contributed by atoms with Crippen LogP contribution < -0.4 is 10.1 Å². The smallest absolute Gasteiger partial charge is 0.149 e.